The van der Waals surface area contributed by atoms with E-state index in [1.54, 1.807) is 106 Å². The molecule has 0 saturated heterocycles. The van der Waals surface area contributed by atoms with Gasteiger partial charge in [-0.2, -0.15) is 5.10 Å². The van der Waals surface area contributed by atoms with Crippen LogP contribution in [0.25, 0.3) is 10.8 Å². The third kappa shape index (κ3) is 25.9. The van der Waals surface area contributed by atoms with E-state index in [1.807, 2.05) is 54.5 Å². The number of nitrogens with one attached hydrogen (secondary N) is 6. The first-order valence-corrected chi connectivity index (χ1v) is 34.2. The lowest BCUT2D eigenvalue weighted by atomic mass is 9.94. The lowest BCUT2D eigenvalue weighted by molar-refractivity contribution is -0.132. The van der Waals surface area contributed by atoms with Crippen molar-refractivity contribution in [1.82, 2.24) is 15.3 Å². The number of halogens is 5. The third-order valence-corrected chi connectivity index (χ3v) is 16.3. The van der Waals surface area contributed by atoms with E-state index in [9.17, 15) is 72.5 Å². The molecule has 26 nitrogen and oxygen atoms in total. The van der Waals surface area contributed by atoms with E-state index in [0.717, 1.165) is 21.2 Å². The highest BCUT2D eigenvalue weighted by molar-refractivity contribution is 9.11. The lowest BCUT2D eigenvalue weighted by Gasteiger charge is -2.21. The molecule has 0 unspecified atom stereocenters. The molecule has 0 aliphatic heterocycles. The van der Waals surface area contributed by atoms with E-state index in [4.69, 9.17) is 15.1 Å². The fourth-order valence-corrected chi connectivity index (χ4v) is 10.1. The Balaban J connectivity index is 0.000000430. The first kappa shape index (κ1) is 88.7. The summed E-state index contributed by atoms with van der Waals surface area (Å²) in [7, 11) is 2.96. The number of fused-ring (bicyclic) bond motifs is 1. The van der Waals surface area contributed by atoms with E-state index in [-0.39, 0.29) is 73.2 Å². The summed E-state index contributed by atoms with van der Waals surface area (Å²) in [5.41, 5.74) is 0.280. The number of carboxylic acid groups (broad SMARTS) is 4. The van der Waals surface area contributed by atoms with Gasteiger partial charge in [0, 0.05) is 95.6 Å². The topological polar surface area (TPSA) is 404 Å². The van der Waals surface area contributed by atoms with Gasteiger partial charge in [0.1, 0.15) is 0 Å². The number of carbonyl (C=O) groups is 12. The van der Waals surface area contributed by atoms with Crippen LogP contribution < -0.4 is 32.1 Å². The monoisotopic (exact) mass is 1720 g/mol. The Bertz CT molecular complexity index is 4250. The van der Waals surface area contributed by atoms with Crippen LogP contribution >= 0.6 is 79.6 Å². The summed E-state index contributed by atoms with van der Waals surface area (Å²) in [6.45, 7) is 33.4. The molecule has 6 amide bonds. The van der Waals surface area contributed by atoms with Crippen LogP contribution in [0.15, 0.2) is 87.8 Å². The Morgan fingerprint density at radius 1 is 0.436 bits per heavy atom. The van der Waals surface area contributed by atoms with Crippen LogP contribution in [0.5, 0.6) is 0 Å². The molecule has 1 heterocycles. The van der Waals surface area contributed by atoms with Crippen LogP contribution in [-0.2, 0) is 33.6 Å². The van der Waals surface area contributed by atoms with Crippen molar-refractivity contribution < 1.29 is 82.8 Å². The molecule has 1 aromatic heterocycles. The molecule has 0 radical (unpaired) electrons. The zero-order valence-corrected chi connectivity index (χ0v) is 67.5. The second-order valence-corrected chi connectivity index (χ2v) is 32.2. The molecular weight excluding hydrogens is 1640 g/mol. The number of hydrogen-bond donors (Lipinski definition) is 10. The van der Waals surface area contributed by atoms with Crippen molar-refractivity contribution in [3.8, 4) is 0 Å². The zero-order valence-electron chi connectivity index (χ0n) is 59.6. The van der Waals surface area contributed by atoms with Gasteiger partial charge in [-0.1, -0.05) is 184 Å². The van der Waals surface area contributed by atoms with Crippen LogP contribution in [0.4, 0.5) is 28.4 Å². The second kappa shape index (κ2) is 36.0. The van der Waals surface area contributed by atoms with E-state index >= 15 is 0 Å². The average molecular weight is 1720 g/mol. The number of carbonyl (C=O) groups excluding carboxylic acids is 8. The number of aliphatic carboxylic acids is 1. The van der Waals surface area contributed by atoms with Crippen molar-refractivity contribution in [2.75, 3.05) is 40.7 Å². The predicted octanol–water partition coefficient (Wildman–Crippen LogP) is 15.5. The number of rotatable bonds is 13. The van der Waals surface area contributed by atoms with Gasteiger partial charge < -0.3 is 47.0 Å². The second-order valence-electron chi connectivity index (χ2n) is 27.6. The van der Waals surface area contributed by atoms with Gasteiger partial charge >= 0.3 is 23.9 Å². The minimum atomic E-state index is -1.78. The minimum absolute atomic E-state index is 0.0138. The molecule has 0 atom stereocenters. The molecule has 10 N–H and O–H groups in total. The number of anilines is 5. The number of aromatic carboxylic acids is 3. The molecule has 6 rings (SSSR count). The van der Waals surface area contributed by atoms with E-state index < -0.39 is 79.3 Å². The molecule has 101 heavy (non-hydrogen) atoms. The smallest absolute Gasteiger partial charge is 0.377 e. The van der Waals surface area contributed by atoms with Crippen LogP contribution in [-0.4, -0.2) is 121 Å². The molecule has 0 saturated carbocycles. The summed E-state index contributed by atoms with van der Waals surface area (Å²) in [6.07, 6.45) is 0. The third-order valence-electron chi connectivity index (χ3n) is 14.0. The van der Waals surface area contributed by atoms with Crippen LogP contribution in [0.1, 0.15) is 190 Å². The van der Waals surface area contributed by atoms with Crippen molar-refractivity contribution in [3.63, 3.8) is 0 Å². The van der Waals surface area contributed by atoms with Gasteiger partial charge in [0.2, 0.25) is 29.5 Å². The number of hydroxylamine groups is 2. The number of Topliss-reactive ketones (excluding diaryl/α,β-unsaturated/α-hetero) is 2. The number of nitrogens with zero attached hydrogens (tertiary/aromatic N) is 2. The molecule has 31 heteroatoms. The fraction of sp³-hybridized carbons (Fsp3) is 0.371. The normalized spacial score (nSPS) is 11.2. The summed E-state index contributed by atoms with van der Waals surface area (Å²) in [6, 6.07) is 15.7. The fourth-order valence-electron chi connectivity index (χ4n) is 7.79. The molecule has 0 spiro atoms. The summed E-state index contributed by atoms with van der Waals surface area (Å²) < 4.78 is 2.91. The highest BCUT2D eigenvalue weighted by Crippen LogP contribution is 2.34. The van der Waals surface area contributed by atoms with Gasteiger partial charge in [-0.3, -0.25) is 48.0 Å². The highest BCUT2D eigenvalue weighted by Gasteiger charge is 2.31. The van der Waals surface area contributed by atoms with Crippen LogP contribution in [0.2, 0.25) is 0 Å². The van der Waals surface area contributed by atoms with E-state index in [1.165, 1.54) is 39.3 Å². The predicted molar refractivity (Wildman–Crippen MR) is 403 cm³/mol. The largest absolute Gasteiger partial charge is 0.478 e. The van der Waals surface area contributed by atoms with Crippen molar-refractivity contribution in [3.05, 3.63) is 144 Å². The maximum atomic E-state index is 12.3. The number of hydrogen-bond acceptors (Lipinski definition) is 15. The number of H-pyrrole nitrogens is 1. The minimum Gasteiger partial charge on any atom is -0.478 e. The number of amides is 6. The van der Waals surface area contributed by atoms with Gasteiger partial charge in [0.05, 0.1) is 35.0 Å². The number of aromatic amines is 1. The van der Waals surface area contributed by atoms with E-state index in [2.05, 4.69) is 116 Å². The molecular formula is C70H83Br5N8O18. The summed E-state index contributed by atoms with van der Waals surface area (Å²) in [4.78, 5) is 157. The average Bonchev–Trinajstić information content (AvgIpc) is 0.785. The molecule has 0 bridgehead atoms. The van der Waals surface area contributed by atoms with Gasteiger partial charge in [-0.05, 0) is 105 Å². The van der Waals surface area contributed by atoms with Crippen molar-refractivity contribution in [1.29, 1.82) is 0 Å². The number of aromatic nitrogens is 2. The Morgan fingerprint density at radius 2 is 0.743 bits per heavy atom. The highest BCUT2D eigenvalue weighted by atomic mass is 79.9. The van der Waals surface area contributed by atoms with Crippen molar-refractivity contribution in [2.24, 2.45) is 27.1 Å². The molecule has 0 fully saturated rings. The molecule has 0 aliphatic carbocycles. The summed E-state index contributed by atoms with van der Waals surface area (Å²) in [5.74, 6) is -8.34. The molecule has 6 aromatic rings. The Kier molecular flexibility index (Phi) is 31.6. The summed E-state index contributed by atoms with van der Waals surface area (Å²) in [5, 5.41) is 56.9. The number of ketones is 2. The quantitative estimate of drug-likeness (QED) is 0.0292. The SMILES string of the molecule is CC(=O)c1cc(Br)cc(NC(=O)C(C)(C)C)c1C.CC(C)(C)C(=O)Nc1cc(Br)cc(C(=O)C(=O)O)c1C(=O)O.CC(C)(C)C(=O)Nc1cc(Br)cc2c(C(=O)O)n[nH]c(=O)c12.CON(C)C(=O)c1cc(Br)cc(NC(=O)C(C)(C)C)c1C.Cc1c(NC(=O)C(C)(C)C)cc(Br)cc1C(=O)O. The maximum Gasteiger partial charge on any atom is 0.377 e. The van der Waals surface area contributed by atoms with Gasteiger partial charge in [-0.25, -0.2) is 29.3 Å². The standard InChI is InChI=1S/C15H21BrN2O3.C14H14BrN3O4.C14H14BrNO6.C14H18BrNO2.C13H16BrNO3/c1-9-11(13(19)18(5)21-6)7-10(16)8-12(9)17-14(20)15(2,3)4;1-14(2,3)13(22)16-8-5-6(15)4-7-9(8)11(19)18-17-10(7)12(20)21;1-14(2,3)13(22)16-8-5-6(15)4-7(9(8)11(18)19)10(17)12(20)21;1-8-11(9(2)17)6-10(15)7-12(8)16-13(18)14(3,4)5;1-7-9(11(16)17)5-8(14)6-10(7)15-12(18)13(2,3)4/h7-8H,1-6H3,(H,17,20);2*4-5H,1-3H3,(H,16,22)(H,18,19)(H,20,21);6-7H,1-5H3,(H,16,18);5-6H,1-4H3,(H,15,18)(H,16,17). The molecule has 0 aliphatic rings. The zero-order chi connectivity index (χ0) is 78.4. The van der Waals surface area contributed by atoms with Crippen LogP contribution in [0.3, 0.4) is 0 Å². The first-order valence-electron chi connectivity index (χ1n) is 30.2. The molecule has 546 valence electrons. The number of benzene rings is 5. The first-order chi connectivity index (χ1) is 45.9. The van der Waals surface area contributed by atoms with Gasteiger partial charge in [0.15, 0.2) is 11.5 Å². The van der Waals surface area contributed by atoms with Crippen molar-refractivity contribution in [2.45, 2.75) is 132 Å². The Morgan fingerprint density at radius 3 is 1.08 bits per heavy atom. The van der Waals surface area contributed by atoms with E-state index in [0.29, 0.717) is 52.7 Å². The summed E-state index contributed by atoms with van der Waals surface area (Å²) >= 11 is 16.3. The van der Waals surface area contributed by atoms with Gasteiger partial charge in [-0.15, -0.1) is 0 Å². The maximum absolute atomic E-state index is 12.3. The van der Waals surface area contributed by atoms with Crippen LogP contribution in [0, 0.1) is 47.8 Å². The van der Waals surface area contributed by atoms with Gasteiger partial charge in [0.25, 0.3) is 17.2 Å². The molecule has 5 aromatic carbocycles. The lowest BCUT2D eigenvalue weighted by Crippen LogP contribution is -2.29. The Labute approximate surface area is 626 Å². The van der Waals surface area contributed by atoms with Crippen molar-refractivity contribution >= 4 is 190 Å². The number of carboxylic acids is 4. The Hall–Kier alpha value is -8.36.